The smallest absolute Gasteiger partial charge is 0.316 e. The molecule has 0 saturated heterocycles. The summed E-state index contributed by atoms with van der Waals surface area (Å²) in [5.74, 6) is 0.221. The highest BCUT2D eigenvalue weighted by atomic mass is 35.5. The number of benzene rings is 1. The van der Waals surface area contributed by atoms with Crippen molar-refractivity contribution in [3.05, 3.63) is 52.3 Å². The average Bonchev–Trinajstić information content (AvgIpc) is 3.06. The number of nitrogens with zero attached hydrogens (tertiary/aromatic N) is 4. The quantitative estimate of drug-likeness (QED) is 0.489. The van der Waals surface area contributed by atoms with Gasteiger partial charge in [-0.05, 0) is 30.0 Å². The van der Waals surface area contributed by atoms with Gasteiger partial charge in [0.05, 0.1) is 24.1 Å². The zero-order chi connectivity index (χ0) is 19.0. The van der Waals surface area contributed by atoms with Crippen LogP contribution in [0.3, 0.4) is 0 Å². The molecule has 0 N–H and O–H groups in total. The van der Waals surface area contributed by atoms with Crippen molar-refractivity contribution < 1.29 is 14.3 Å². The third-order valence-corrected chi connectivity index (χ3v) is 5.48. The predicted molar refractivity (Wildman–Crippen MR) is 100 cm³/mol. The summed E-state index contributed by atoms with van der Waals surface area (Å²) in [5, 5.41) is 5.34. The van der Waals surface area contributed by atoms with Gasteiger partial charge in [0.1, 0.15) is 0 Å². The summed E-state index contributed by atoms with van der Waals surface area (Å²) in [6.07, 6.45) is 2.71. The molecule has 0 unspecified atom stereocenters. The molecule has 0 radical (unpaired) electrons. The Hall–Kier alpha value is -2.45. The first-order valence-corrected chi connectivity index (χ1v) is 9.64. The van der Waals surface area contributed by atoms with Crippen molar-refractivity contribution in [2.24, 2.45) is 0 Å². The lowest BCUT2D eigenvalue weighted by Gasteiger charge is -2.23. The lowest BCUT2D eigenvalue weighted by atomic mass is 9.82. The highest BCUT2D eigenvalue weighted by molar-refractivity contribution is 7.99. The molecule has 1 aliphatic carbocycles. The van der Waals surface area contributed by atoms with Gasteiger partial charge >= 0.3 is 5.97 Å². The number of carbonyl (C=O) groups excluding carboxylic acids is 2. The van der Waals surface area contributed by atoms with Gasteiger partial charge in [-0.3, -0.25) is 9.59 Å². The number of Topliss-reactive ketones (excluding diaryl/α,β-unsaturated/α-hetero) is 1. The van der Waals surface area contributed by atoms with Gasteiger partial charge in [-0.25, -0.2) is 9.50 Å². The minimum absolute atomic E-state index is 0.0230. The van der Waals surface area contributed by atoms with Crippen molar-refractivity contribution >= 4 is 40.9 Å². The van der Waals surface area contributed by atoms with Crippen LogP contribution < -0.4 is 0 Å². The van der Waals surface area contributed by atoms with Gasteiger partial charge < -0.3 is 4.74 Å². The molecule has 2 heterocycles. The molecule has 9 heteroatoms. The number of rotatable bonds is 4. The fourth-order valence-corrected chi connectivity index (χ4v) is 3.96. The second-order valence-corrected chi connectivity index (χ2v) is 7.57. The van der Waals surface area contributed by atoms with Crippen LogP contribution in [0.4, 0.5) is 0 Å². The van der Waals surface area contributed by atoms with Crippen LogP contribution in [0.15, 0.2) is 35.6 Å². The summed E-state index contributed by atoms with van der Waals surface area (Å²) in [6.45, 7) is 0. The lowest BCUT2D eigenvalue weighted by Crippen LogP contribution is -2.21. The molecule has 2 aromatic heterocycles. The van der Waals surface area contributed by atoms with Gasteiger partial charge in [0.15, 0.2) is 5.78 Å². The Bertz CT molecular complexity index is 1050. The maximum Gasteiger partial charge on any atom is 0.316 e. The number of hydrogen-bond donors (Lipinski definition) is 0. The number of hydrogen-bond acceptors (Lipinski definition) is 7. The standard InChI is InChI=1S/C18H15ClN4O3S/c1-26-16(25)9-27-18-21-17-20-14-6-11(10-3-2-4-12(19)5-10)7-15(24)13(14)8-23(17)22-18/h2-5,8,11H,6-7,9H2,1H3/t11-/m0/s1. The van der Waals surface area contributed by atoms with E-state index in [0.717, 1.165) is 17.3 Å². The van der Waals surface area contributed by atoms with Crippen LogP contribution in [-0.4, -0.2) is 44.2 Å². The van der Waals surface area contributed by atoms with Gasteiger partial charge in [-0.15, -0.1) is 5.10 Å². The van der Waals surface area contributed by atoms with Crippen LogP contribution in [0.25, 0.3) is 5.78 Å². The first-order chi connectivity index (χ1) is 13.0. The molecule has 0 aliphatic heterocycles. The van der Waals surface area contributed by atoms with Crippen molar-refractivity contribution in [1.82, 2.24) is 19.6 Å². The number of esters is 1. The first kappa shape index (κ1) is 17.9. The molecule has 3 aromatic rings. The Balaban J connectivity index is 1.63. The summed E-state index contributed by atoms with van der Waals surface area (Å²) in [6, 6.07) is 7.57. The molecule has 0 fully saturated rings. The summed E-state index contributed by atoms with van der Waals surface area (Å²) < 4.78 is 6.09. The third kappa shape index (κ3) is 3.68. The first-order valence-electron chi connectivity index (χ1n) is 8.28. The maximum atomic E-state index is 12.7. The van der Waals surface area contributed by atoms with Gasteiger partial charge in [-0.1, -0.05) is 35.5 Å². The number of ketones is 1. The van der Waals surface area contributed by atoms with Crippen LogP contribution in [-0.2, 0) is 16.0 Å². The lowest BCUT2D eigenvalue weighted by molar-refractivity contribution is -0.137. The number of thioether (sulfide) groups is 1. The topological polar surface area (TPSA) is 86.4 Å². The summed E-state index contributed by atoms with van der Waals surface area (Å²) in [4.78, 5) is 32.8. The molecule has 0 saturated carbocycles. The van der Waals surface area contributed by atoms with Crippen LogP contribution in [0, 0.1) is 0 Å². The van der Waals surface area contributed by atoms with Crippen molar-refractivity contribution in [3.8, 4) is 0 Å². The molecule has 27 heavy (non-hydrogen) atoms. The fraction of sp³-hybridized carbons (Fsp3) is 0.278. The predicted octanol–water partition coefficient (Wildman–Crippen LogP) is 2.96. The number of fused-ring (bicyclic) bond motifs is 2. The molecule has 0 bridgehead atoms. The second kappa shape index (κ2) is 7.28. The van der Waals surface area contributed by atoms with Crippen LogP contribution in [0.2, 0.25) is 5.02 Å². The molecule has 4 rings (SSSR count). The molecule has 1 atom stereocenters. The number of ether oxygens (including phenoxy) is 1. The summed E-state index contributed by atoms with van der Waals surface area (Å²) >= 11 is 7.25. The number of aromatic nitrogens is 4. The maximum absolute atomic E-state index is 12.7. The molecule has 1 aliphatic rings. The minimum atomic E-state index is -0.356. The summed E-state index contributed by atoms with van der Waals surface area (Å²) in [7, 11) is 1.33. The molecule has 7 nitrogen and oxygen atoms in total. The van der Waals surface area contributed by atoms with E-state index in [-0.39, 0.29) is 23.4 Å². The Morgan fingerprint density at radius 1 is 1.37 bits per heavy atom. The monoisotopic (exact) mass is 402 g/mol. The second-order valence-electron chi connectivity index (χ2n) is 6.19. The number of carbonyl (C=O) groups is 2. The van der Waals surface area contributed by atoms with E-state index >= 15 is 0 Å². The Morgan fingerprint density at radius 3 is 3.00 bits per heavy atom. The Kier molecular flexibility index (Phi) is 4.84. The fourth-order valence-electron chi connectivity index (χ4n) is 3.10. The van der Waals surface area contributed by atoms with E-state index in [4.69, 9.17) is 11.6 Å². The molecule has 1 aromatic carbocycles. The van der Waals surface area contributed by atoms with Crippen LogP contribution in [0.1, 0.15) is 34.0 Å². The molecule has 0 amide bonds. The van der Waals surface area contributed by atoms with Gasteiger partial charge in [0, 0.05) is 17.6 Å². The largest absolute Gasteiger partial charge is 0.468 e. The zero-order valence-corrected chi connectivity index (χ0v) is 16.0. The number of halogens is 1. The van der Waals surface area contributed by atoms with E-state index < -0.39 is 0 Å². The molecular formula is C18H15ClN4O3S. The minimum Gasteiger partial charge on any atom is -0.468 e. The van der Waals surface area contributed by atoms with Crippen molar-refractivity contribution in [2.45, 2.75) is 23.9 Å². The highest BCUT2D eigenvalue weighted by Crippen LogP contribution is 2.33. The van der Waals surface area contributed by atoms with Crippen molar-refractivity contribution in [2.75, 3.05) is 12.9 Å². The Labute approximate surface area is 164 Å². The van der Waals surface area contributed by atoms with E-state index in [2.05, 4.69) is 19.8 Å². The van der Waals surface area contributed by atoms with E-state index in [1.54, 1.807) is 6.20 Å². The molecular weight excluding hydrogens is 388 g/mol. The van der Waals surface area contributed by atoms with E-state index in [9.17, 15) is 9.59 Å². The normalized spacial score (nSPS) is 16.4. The average molecular weight is 403 g/mol. The van der Waals surface area contributed by atoms with E-state index in [0.29, 0.717) is 40.1 Å². The van der Waals surface area contributed by atoms with Crippen LogP contribution in [0.5, 0.6) is 0 Å². The van der Waals surface area contributed by atoms with Crippen molar-refractivity contribution in [3.63, 3.8) is 0 Å². The Morgan fingerprint density at radius 2 is 2.22 bits per heavy atom. The summed E-state index contributed by atoms with van der Waals surface area (Å²) in [5.41, 5.74) is 2.30. The third-order valence-electron chi connectivity index (χ3n) is 4.43. The van der Waals surface area contributed by atoms with Gasteiger partial charge in [0.25, 0.3) is 5.78 Å². The highest BCUT2D eigenvalue weighted by Gasteiger charge is 2.28. The zero-order valence-electron chi connectivity index (χ0n) is 14.4. The van der Waals surface area contributed by atoms with Gasteiger partial charge in [-0.2, -0.15) is 4.98 Å². The van der Waals surface area contributed by atoms with Crippen LogP contribution >= 0.6 is 23.4 Å². The van der Waals surface area contributed by atoms with E-state index in [1.165, 1.54) is 11.6 Å². The molecule has 138 valence electrons. The molecule has 0 spiro atoms. The van der Waals surface area contributed by atoms with Gasteiger partial charge in [0.2, 0.25) is 5.16 Å². The SMILES string of the molecule is COC(=O)CSc1nc2nc3c(cn2n1)C(=O)C[C@@H](c1cccc(Cl)c1)C3. The van der Waals surface area contributed by atoms with E-state index in [1.807, 2.05) is 24.3 Å². The number of methoxy groups -OCH3 is 1. The van der Waals surface area contributed by atoms with Crippen molar-refractivity contribution in [1.29, 1.82) is 0 Å².